The van der Waals surface area contributed by atoms with E-state index in [1.54, 1.807) is 30.6 Å². The van der Waals surface area contributed by atoms with E-state index in [1.807, 2.05) is 0 Å². The average Bonchev–Trinajstić information content (AvgIpc) is 2.68. The third-order valence-electron chi connectivity index (χ3n) is 3.53. The van der Waals surface area contributed by atoms with Crippen LogP contribution in [0.5, 0.6) is 5.75 Å². The fraction of sp³-hybridized carbons (Fsp3) is 0.111. The van der Waals surface area contributed by atoms with E-state index in [-0.39, 0.29) is 16.8 Å². The Morgan fingerprint density at radius 2 is 1.87 bits per heavy atom. The summed E-state index contributed by atoms with van der Waals surface area (Å²) in [6, 6.07) is 8.61. The summed E-state index contributed by atoms with van der Waals surface area (Å²) in [5.41, 5.74) is 1.49. The number of halogens is 4. The van der Waals surface area contributed by atoms with Crippen molar-refractivity contribution < 1.29 is 27.8 Å². The number of hydrogen-bond acceptors (Lipinski definition) is 7. The van der Waals surface area contributed by atoms with Crippen molar-refractivity contribution in [3.05, 3.63) is 53.8 Å². The average molecular weight is 440 g/mol. The van der Waals surface area contributed by atoms with E-state index in [1.165, 1.54) is 12.1 Å². The SMILES string of the molecule is O=C(O)CNc1nc(Nc2ccc(OC(F)(F)F)c(Cl)c2)cc(-c2ccncc2)n1. The fourth-order valence-corrected chi connectivity index (χ4v) is 2.57. The minimum atomic E-state index is -4.87. The number of carbonyl (C=O) groups is 1. The van der Waals surface area contributed by atoms with Crippen molar-refractivity contribution >= 4 is 35.0 Å². The predicted octanol–water partition coefficient (Wildman–Crippen LogP) is 4.33. The summed E-state index contributed by atoms with van der Waals surface area (Å²) >= 11 is 5.86. The number of ether oxygens (including phenoxy) is 1. The van der Waals surface area contributed by atoms with Gasteiger partial charge in [0.25, 0.3) is 0 Å². The molecule has 3 rings (SSSR count). The van der Waals surface area contributed by atoms with Gasteiger partial charge >= 0.3 is 12.3 Å². The van der Waals surface area contributed by atoms with Crippen LogP contribution in [0.15, 0.2) is 48.8 Å². The van der Waals surface area contributed by atoms with Crippen LogP contribution in [0.3, 0.4) is 0 Å². The molecule has 0 bridgehead atoms. The van der Waals surface area contributed by atoms with Crippen LogP contribution in [-0.2, 0) is 4.79 Å². The molecule has 30 heavy (non-hydrogen) atoms. The Kier molecular flexibility index (Phi) is 6.21. The third-order valence-corrected chi connectivity index (χ3v) is 3.83. The van der Waals surface area contributed by atoms with E-state index < -0.39 is 24.6 Å². The second kappa shape index (κ2) is 8.82. The van der Waals surface area contributed by atoms with Gasteiger partial charge in [-0.05, 0) is 30.3 Å². The minimum absolute atomic E-state index is 0.0392. The number of rotatable bonds is 7. The highest BCUT2D eigenvalue weighted by Gasteiger charge is 2.32. The molecule has 156 valence electrons. The Labute approximate surface area is 172 Å². The van der Waals surface area contributed by atoms with Gasteiger partial charge in [0, 0.05) is 29.7 Å². The highest BCUT2D eigenvalue weighted by Crippen LogP contribution is 2.33. The molecule has 1 aromatic carbocycles. The Morgan fingerprint density at radius 3 is 2.50 bits per heavy atom. The van der Waals surface area contributed by atoms with E-state index >= 15 is 0 Å². The number of carboxylic acid groups (broad SMARTS) is 1. The maximum absolute atomic E-state index is 12.4. The first-order valence-electron chi connectivity index (χ1n) is 8.27. The number of pyridine rings is 1. The van der Waals surface area contributed by atoms with Gasteiger partial charge in [-0.15, -0.1) is 13.2 Å². The van der Waals surface area contributed by atoms with Crippen molar-refractivity contribution in [1.82, 2.24) is 15.0 Å². The lowest BCUT2D eigenvalue weighted by Gasteiger charge is -2.13. The number of carboxylic acids is 1. The zero-order chi connectivity index (χ0) is 21.7. The van der Waals surface area contributed by atoms with Crippen LogP contribution in [0.25, 0.3) is 11.3 Å². The van der Waals surface area contributed by atoms with E-state index in [9.17, 15) is 18.0 Å². The van der Waals surface area contributed by atoms with Crippen LogP contribution < -0.4 is 15.4 Å². The zero-order valence-corrected chi connectivity index (χ0v) is 15.7. The number of hydrogen-bond donors (Lipinski definition) is 3. The summed E-state index contributed by atoms with van der Waals surface area (Å²) in [5, 5.41) is 14.1. The maximum Gasteiger partial charge on any atom is 0.573 e. The first kappa shape index (κ1) is 21.1. The fourth-order valence-electron chi connectivity index (χ4n) is 2.35. The van der Waals surface area contributed by atoms with Crippen LogP contribution in [0.1, 0.15) is 0 Å². The van der Waals surface area contributed by atoms with Gasteiger partial charge < -0.3 is 20.5 Å². The van der Waals surface area contributed by atoms with Gasteiger partial charge in [-0.25, -0.2) is 4.98 Å². The Hall–Kier alpha value is -3.60. The number of nitrogens with zero attached hydrogens (tertiary/aromatic N) is 3. The molecule has 0 amide bonds. The molecule has 0 saturated heterocycles. The largest absolute Gasteiger partial charge is 0.573 e. The zero-order valence-electron chi connectivity index (χ0n) is 14.9. The molecule has 0 saturated carbocycles. The standard InChI is InChI=1S/C18H13ClF3N5O3/c19-12-7-11(1-2-14(12)30-18(20,21)22)25-15-8-13(10-3-5-23-6-4-10)26-17(27-15)24-9-16(28)29/h1-8H,9H2,(H,28,29)(H2,24,25,26,27). The van der Waals surface area contributed by atoms with Gasteiger partial charge in [0.15, 0.2) is 0 Å². The second-order valence-electron chi connectivity index (χ2n) is 5.76. The van der Waals surface area contributed by atoms with Crippen LogP contribution >= 0.6 is 11.6 Å². The van der Waals surface area contributed by atoms with Crippen molar-refractivity contribution in [2.24, 2.45) is 0 Å². The van der Waals surface area contributed by atoms with E-state index in [4.69, 9.17) is 16.7 Å². The van der Waals surface area contributed by atoms with Gasteiger partial charge in [-0.2, -0.15) is 4.98 Å². The highest BCUT2D eigenvalue weighted by molar-refractivity contribution is 6.32. The molecule has 3 aromatic rings. The molecule has 0 spiro atoms. The third kappa shape index (κ3) is 5.95. The normalized spacial score (nSPS) is 11.1. The maximum atomic E-state index is 12.4. The first-order valence-corrected chi connectivity index (χ1v) is 8.65. The number of alkyl halides is 3. The van der Waals surface area contributed by atoms with E-state index in [0.717, 1.165) is 6.07 Å². The molecule has 0 radical (unpaired) electrons. The van der Waals surface area contributed by atoms with Crippen molar-refractivity contribution in [2.75, 3.05) is 17.2 Å². The quantitative estimate of drug-likeness (QED) is 0.499. The lowest BCUT2D eigenvalue weighted by Crippen LogP contribution is -2.17. The van der Waals surface area contributed by atoms with E-state index in [0.29, 0.717) is 16.9 Å². The van der Waals surface area contributed by atoms with Gasteiger partial charge in [0.05, 0.1) is 10.7 Å². The van der Waals surface area contributed by atoms with Gasteiger partial charge in [0.2, 0.25) is 5.95 Å². The summed E-state index contributed by atoms with van der Waals surface area (Å²) in [6.45, 7) is -0.408. The van der Waals surface area contributed by atoms with Crippen LogP contribution in [-0.4, -0.2) is 38.9 Å². The molecule has 2 aromatic heterocycles. The Balaban J connectivity index is 1.90. The molecule has 0 unspecified atom stereocenters. The number of benzene rings is 1. The summed E-state index contributed by atoms with van der Waals surface area (Å²) < 4.78 is 41.0. The molecule has 12 heteroatoms. The number of aromatic nitrogens is 3. The van der Waals surface area contributed by atoms with E-state index in [2.05, 4.69) is 30.3 Å². The summed E-state index contributed by atoms with van der Waals surface area (Å²) in [4.78, 5) is 23.2. The molecule has 8 nitrogen and oxygen atoms in total. The highest BCUT2D eigenvalue weighted by atomic mass is 35.5. The predicted molar refractivity (Wildman–Crippen MR) is 103 cm³/mol. The molecule has 0 atom stereocenters. The molecule has 0 aliphatic heterocycles. The van der Waals surface area contributed by atoms with Gasteiger partial charge in [0.1, 0.15) is 18.1 Å². The van der Waals surface area contributed by atoms with Crippen molar-refractivity contribution in [1.29, 1.82) is 0 Å². The Morgan fingerprint density at radius 1 is 1.13 bits per heavy atom. The summed E-state index contributed by atoms with van der Waals surface area (Å²) in [6.07, 6.45) is -1.74. The molecule has 0 aliphatic carbocycles. The number of anilines is 3. The lowest BCUT2D eigenvalue weighted by atomic mass is 10.2. The van der Waals surface area contributed by atoms with Gasteiger partial charge in [-0.1, -0.05) is 11.6 Å². The van der Waals surface area contributed by atoms with Crippen LogP contribution in [0.4, 0.5) is 30.6 Å². The molecule has 0 fully saturated rings. The minimum Gasteiger partial charge on any atom is -0.480 e. The topological polar surface area (TPSA) is 109 Å². The summed E-state index contributed by atoms with van der Waals surface area (Å²) in [7, 11) is 0. The van der Waals surface area contributed by atoms with Crippen molar-refractivity contribution in [3.8, 4) is 17.0 Å². The molecular formula is C18H13ClF3N5O3. The summed E-state index contributed by atoms with van der Waals surface area (Å²) in [5.74, 6) is -1.35. The van der Waals surface area contributed by atoms with Crippen molar-refractivity contribution in [3.63, 3.8) is 0 Å². The smallest absolute Gasteiger partial charge is 0.480 e. The monoisotopic (exact) mass is 439 g/mol. The Bertz CT molecular complexity index is 1050. The molecule has 0 aliphatic rings. The number of aliphatic carboxylic acids is 1. The second-order valence-corrected chi connectivity index (χ2v) is 6.17. The first-order chi connectivity index (χ1) is 14.2. The molecule has 2 heterocycles. The van der Waals surface area contributed by atoms with Crippen LogP contribution in [0, 0.1) is 0 Å². The van der Waals surface area contributed by atoms with Gasteiger partial charge in [-0.3, -0.25) is 9.78 Å². The van der Waals surface area contributed by atoms with Crippen LogP contribution in [0.2, 0.25) is 5.02 Å². The van der Waals surface area contributed by atoms with Crippen molar-refractivity contribution in [2.45, 2.75) is 6.36 Å². The molecular weight excluding hydrogens is 427 g/mol. The molecule has 3 N–H and O–H groups in total. The lowest BCUT2D eigenvalue weighted by molar-refractivity contribution is -0.274. The number of nitrogens with one attached hydrogen (secondary N) is 2.